The van der Waals surface area contributed by atoms with Crippen LogP contribution in [0.15, 0.2) is 24.0 Å². The first kappa shape index (κ1) is 14.5. The summed E-state index contributed by atoms with van der Waals surface area (Å²) >= 11 is 0. The number of nitrogens with zero attached hydrogens (tertiary/aromatic N) is 2. The summed E-state index contributed by atoms with van der Waals surface area (Å²) in [5.74, 6) is 2.74. The lowest BCUT2D eigenvalue weighted by atomic mass is 9.73. The predicted octanol–water partition coefficient (Wildman–Crippen LogP) is 3.21. The van der Waals surface area contributed by atoms with Gasteiger partial charge in [0.15, 0.2) is 5.78 Å². The van der Waals surface area contributed by atoms with Gasteiger partial charge in [-0.2, -0.15) is 0 Å². The fraction of sp³-hybridized carbons (Fsp3) is 0.500. The molecule has 23 heavy (non-hydrogen) atoms. The average molecular weight is 306 g/mol. The number of aromatic nitrogens is 1. The van der Waals surface area contributed by atoms with Crippen molar-refractivity contribution in [3.63, 3.8) is 0 Å². The Bertz CT molecular complexity index is 719. The molecular weight excluding hydrogens is 284 g/mol. The van der Waals surface area contributed by atoms with E-state index in [4.69, 9.17) is 6.42 Å². The van der Waals surface area contributed by atoms with E-state index in [1.165, 1.54) is 38.5 Å². The molecule has 3 aliphatic rings. The predicted molar refractivity (Wildman–Crippen MR) is 90.4 cm³/mol. The molecule has 1 saturated heterocycles. The average Bonchev–Trinajstić information content (AvgIpc) is 2.97. The minimum Gasteiger partial charge on any atom is -0.369 e. The number of Topliss-reactive ketones (excluding diaryl/α,β-unsaturated/α-hetero) is 1. The Balaban J connectivity index is 1.74. The molecular formula is C20H22N2O. The van der Waals surface area contributed by atoms with E-state index in [0.717, 1.165) is 29.9 Å². The maximum absolute atomic E-state index is 12.5. The molecule has 0 aromatic carbocycles. The zero-order valence-corrected chi connectivity index (χ0v) is 13.5. The normalized spacial score (nSPS) is 23.1. The van der Waals surface area contributed by atoms with E-state index in [0.29, 0.717) is 17.4 Å². The van der Waals surface area contributed by atoms with Crippen molar-refractivity contribution in [2.24, 2.45) is 5.41 Å². The second kappa shape index (κ2) is 5.53. The van der Waals surface area contributed by atoms with Gasteiger partial charge in [0.25, 0.3) is 0 Å². The molecule has 0 atom stereocenters. The van der Waals surface area contributed by atoms with Crippen LogP contribution in [0.25, 0.3) is 5.70 Å². The highest BCUT2D eigenvalue weighted by Gasteiger charge is 2.41. The lowest BCUT2D eigenvalue weighted by Crippen LogP contribution is -2.31. The minimum absolute atomic E-state index is 0.0626. The molecule has 2 fully saturated rings. The molecule has 0 radical (unpaired) electrons. The first-order valence-electron chi connectivity index (χ1n) is 8.65. The van der Waals surface area contributed by atoms with Crippen molar-refractivity contribution in [1.29, 1.82) is 0 Å². The molecule has 1 aromatic heterocycles. The molecule has 1 aromatic rings. The number of allylic oxidation sites excluding steroid dienone is 1. The molecule has 0 N–H and O–H groups in total. The number of carbonyl (C=O) groups excluding carboxylic acids is 1. The molecule has 3 nitrogen and oxygen atoms in total. The summed E-state index contributed by atoms with van der Waals surface area (Å²) in [7, 11) is 0. The van der Waals surface area contributed by atoms with Crippen LogP contribution in [-0.4, -0.2) is 28.8 Å². The first-order valence-corrected chi connectivity index (χ1v) is 8.65. The molecule has 0 amide bonds. The highest BCUT2D eigenvalue weighted by molar-refractivity contribution is 6.10. The van der Waals surface area contributed by atoms with E-state index in [1.807, 2.05) is 12.3 Å². The number of hydrogen-bond donors (Lipinski definition) is 0. The van der Waals surface area contributed by atoms with E-state index in [2.05, 4.69) is 15.8 Å². The zero-order chi connectivity index (χ0) is 15.9. The summed E-state index contributed by atoms with van der Waals surface area (Å²) in [6.07, 6.45) is 17.6. The summed E-state index contributed by atoms with van der Waals surface area (Å²) in [4.78, 5) is 19.0. The van der Waals surface area contributed by atoms with Crippen molar-refractivity contribution in [2.75, 3.05) is 13.1 Å². The van der Waals surface area contributed by atoms with Gasteiger partial charge >= 0.3 is 0 Å². The van der Waals surface area contributed by atoms with Gasteiger partial charge in [0.1, 0.15) is 0 Å². The van der Waals surface area contributed by atoms with Crippen LogP contribution in [0.1, 0.15) is 49.7 Å². The Labute approximate surface area is 137 Å². The van der Waals surface area contributed by atoms with E-state index in [1.54, 1.807) is 6.20 Å². The SMILES string of the molecule is C#CC1=C(N2CCC3(CCCCC3)C2)c2ccncc2CC1=O. The van der Waals surface area contributed by atoms with Crippen LogP contribution < -0.4 is 0 Å². The van der Waals surface area contributed by atoms with Gasteiger partial charge in [0.05, 0.1) is 11.3 Å². The number of carbonyl (C=O) groups is 1. The zero-order valence-electron chi connectivity index (χ0n) is 13.5. The minimum atomic E-state index is 0.0626. The molecule has 118 valence electrons. The number of pyridine rings is 1. The van der Waals surface area contributed by atoms with Crippen LogP contribution in [0.4, 0.5) is 0 Å². The molecule has 0 bridgehead atoms. The highest BCUT2D eigenvalue weighted by atomic mass is 16.1. The van der Waals surface area contributed by atoms with Crippen LogP contribution in [-0.2, 0) is 11.2 Å². The van der Waals surface area contributed by atoms with Gasteiger partial charge in [-0.1, -0.05) is 25.2 Å². The second-order valence-electron chi connectivity index (χ2n) is 7.23. The van der Waals surface area contributed by atoms with Crippen molar-refractivity contribution >= 4 is 11.5 Å². The maximum Gasteiger partial charge on any atom is 0.177 e. The molecule has 0 unspecified atom stereocenters. The van der Waals surface area contributed by atoms with E-state index in [-0.39, 0.29) is 5.78 Å². The topological polar surface area (TPSA) is 33.2 Å². The lowest BCUT2D eigenvalue weighted by molar-refractivity contribution is -0.114. The van der Waals surface area contributed by atoms with Crippen LogP contribution in [0.3, 0.4) is 0 Å². The molecule has 1 saturated carbocycles. The third-order valence-electron chi connectivity index (χ3n) is 5.84. The second-order valence-corrected chi connectivity index (χ2v) is 7.23. The van der Waals surface area contributed by atoms with E-state index >= 15 is 0 Å². The van der Waals surface area contributed by atoms with Crippen molar-refractivity contribution in [2.45, 2.75) is 44.9 Å². The quantitative estimate of drug-likeness (QED) is 0.747. The van der Waals surface area contributed by atoms with Crippen LogP contribution in [0, 0.1) is 17.8 Å². The standard InChI is InChI=1S/C20H22N2O/c1-2-16-18(23)12-15-13-21-10-6-17(15)19(16)22-11-9-20(14-22)7-4-3-5-8-20/h1,6,10,13H,3-5,7-9,11-12,14H2. The number of likely N-dealkylation sites (tertiary alicyclic amines) is 1. The largest absolute Gasteiger partial charge is 0.369 e. The van der Waals surface area contributed by atoms with Gasteiger partial charge in [-0.05, 0) is 36.3 Å². The Morgan fingerprint density at radius 1 is 1.22 bits per heavy atom. The van der Waals surface area contributed by atoms with Gasteiger partial charge in [-0.3, -0.25) is 9.78 Å². The molecule has 2 aliphatic carbocycles. The maximum atomic E-state index is 12.5. The van der Waals surface area contributed by atoms with E-state index in [9.17, 15) is 4.79 Å². The summed E-state index contributed by atoms with van der Waals surface area (Å²) in [6, 6.07) is 2.01. The van der Waals surface area contributed by atoms with Gasteiger partial charge in [-0.25, -0.2) is 0 Å². The molecule has 2 heterocycles. The summed E-state index contributed by atoms with van der Waals surface area (Å²) in [5, 5.41) is 0. The smallest absolute Gasteiger partial charge is 0.177 e. The van der Waals surface area contributed by atoms with Crippen molar-refractivity contribution < 1.29 is 4.79 Å². The van der Waals surface area contributed by atoms with E-state index < -0.39 is 0 Å². The monoisotopic (exact) mass is 306 g/mol. The Kier molecular flexibility index (Phi) is 3.49. The molecule has 3 heteroatoms. The summed E-state index contributed by atoms with van der Waals surface area (Å²) < 4.78 is 0. The van der Waals surface area contributed by atoms with Crippen molar-refractivity contribution in [3.8, 4) is 12.3 Å². The molecule has 4 rings (SSSR count). The third kappa shape index (κ3) is 2.37. The summed E-state index contributed by atoms with van der Waals surface area (Å²) in [6.45, 7) is 2.05. The fourth-order valence-electron chi connectivity index (χ4n) is 4.64. The van der Waals surface area contributed by atoms with Crippen LogP contribution in [0.5, 0.6) is 0 Å². The van der Waals surface area contributed by atoms with Gasteiger partial charge < -0.3 is 4.90 Å². The van der Waals surface area contributed by atoms with Crippen molar-refractivity contribution in [3.05, 3.63) is 35.2 Å². The lowest BCUT2D eigenvalue weighted by Gasteiger charge is -2.35. The van der Waals surface area contributed by atoms with Gasteiger partial charge in [-0.15, -0.1) is 6.42 Å². The number of fused-ring (bicyclic) bond motifs is 1. The number of hydrogen-bond acceptors (Lipinski definition) is 3. The van der Waals surface area contributed by atoms with Crippen LogP contribution in [0.2, 0.25) is 0 Å². The molecule has 1 aliphatic heterocycles. The fourth-order valence-corrected chi connectivity index (χ4v) is 4.64. The molecule has 1 spiro atoms. The summed E-state index contributed by atoms with van der Waals surface area (Å²) in [5.41, 5.74) is 4.12. The van der Waals surface area contributed by atoms with Gasteiger partial charge in [0, 0.05) is 37.5 Å². The third-order valence-corrected chi connectivity index (χ3v) is 5.84. The Morgan fingerprint density at radius 3 is 2.83 bits per heavy atom. The Morgan fingerprint density at radius 2 is 2.04 bits per heavy atom. The first-order chi connectivity index (χ1) is 11.2. The Hall–Kier alpha value is -2.08. The number of ketones is 1. The van der Waals surface area contributed by atoms with Gasteiger partial charge in [0.2, 0.25) is 0 Å². The van der Waals surface area contributed by atoms with Crippen molar-refractivity contribution in [1.82, 2.24) is 9.88 Å². The van der Waals surface area contributed by atoms with Crippen LogP contribution >= 0.6 is 0 Å². The number of rotatable bonds is 1. The number of terminal acetylenes is 1. The highest BCUT2D eigenvalue weighted by Crippen LogP contribution is 2.46.